The molecule has 2 heterocycles. The van der Waals surface area contributed by atoms with Gasteiger partial charge >= 0.3 is 0 Å². The Balaban J connectivity index is 2.06. The van der Waals surface area contributed by atoms with Crippen molar-refractivity contribution in [2.24, 2.45) is 0 Å². The van der Waals surface area contributed by atoms with Crippen LogP contribution in [0.3, 0.4) is 0 Å². The van der Waals surface area contributed by atoms with E-state index in [0.717, 1.165) is 0 Å². The topological polar surface area (TPSA) is 64.7 Å². The first-order valence-electron chi connectivity index (χ1n) is 6.65. The number of furan rings is 1. The molecule has 6 nitrogen and oxygen atoms in total. The third-order valence-electron chi connectivity index (χ3n) is 3.05. The van der Waals surface area contributed by atoms with Gasteiger partial charge in [0.25, 0.3) is 5.56 Å². The summed E-state index contributed by atoms with van der Waals surface area (Å²) in [5, 5.41) is 0. The molecule has 0 spiro atoms. The minimum Gasteiger partial charge on any atom is -0.467 e. The summed E-state index contributed by atoms with van der Waals surface area (Å²) in [6.45, 7) is 1.23. The minimum absolute atomic E-state index is 0.00406. The lowest BCUT2D eigenvalue weighted by Crippen LogP contribution is -2.37. The van der Waals surface area contributed by atoms with Crippen molar-refractivity contribution in [3.05, 3.63) is 58.9 Å². The van der Waals surface area contributed by atoms with Crippen LogP contribution in [0, 0.1) is 0 Å². The smallest absolute Gasteiger partial charge is 0.250 e. The molecule has 0 radical (unpaired) electrons. The van der Waals surface area contributed by atoms with Crippen LogP contribution in [0.2, 0.25) is 0 Å². The van der Waals surface area contributed by atoms with E-state index in [0.29, 0.717) is 25.5 Å². The lowest BCUT2D eigenvalue weighted by Gasteiger charge is -2.21. The zero-order valence-electron chi connectivity index (χ0n) is 11.9. The monoisotopic (exact) mass is 290 g/mol. The molecule has 0 atom stereocenters. The van der Waals surface area contributed by atoms with E-state index in [2.05, 4.69) is 0 Å². The largest absolute Gasteiger partial charge is 0.467 e. The van der Waals surface area contributed by atoms with Crippen molar-refractivity contribution in [3.8, 4) is 0 Å². The predicted molar refractivity (Wildman–Crippen MR) is 76.7 cm³/mol. The van der Waals surface area contributed by atoms with E-state index in [1.54, 1.807) is 42.7 Å². The SMILES string of the molecule is COCCN(Cc1ccco1)C(=O)Cn1ccccc1=O. The lowest BCUT2D eigenvalue weighted by molar-refractivity contribution is -0.133. The highest BCUT2D eigenvalue weighted by molar-refractivity contribution is 5.75. The summed E-state index contributed by atoms with van der Waals surface area (Å²) in [5.74, 6) is 0.539. The Kier molecular flexibility index (Phi) is 5.34. The first-order chi connectivity index (χ1) is 10.2. The molecule has 21 heavy (non-hydrogen) atoms. The fourth-order valence-electron chi connectivity index (χ4n) is 1.92. The molecule has 2 rings (SSSR count). The molecule has 0 aliphatic carbocycles. The van der Waals surface area contributed by atoms with Crippen molar-refractivity contribution in [1.29, 1.82) is 0 Å². The quantitative estimate of drug-likeness (QED) is 0.766. The number of aromatic nitrogens is 1. The van der Waals surface area contributed by atoms with Gasteiger partial charge in [0, 0.05) is 25.9 Å². The van der Waals surface area contributed by atoms with E-state index in [1.807, 2.05) is 6.07 Å². The molecule has 1 amide bonds. The Morgan fingerprint density at radius 3 is 2.86 bits per heavy atom. The zero-order chi connectivity index (χ0) is 15.1. The van der Waals surface area contributed by atoms with Crippen LogP contribution in [0.15, 0.2) is 52.0 Å². The van der Waals surface area contributed by atoms with Crippen LogP contribution in [0.25, 0.3) is 0 Å². The van der Waals surface area contributed by atoms with Gasteiger partial charge in [-0.15, -0.1) is 0 Å². The van der Waals surface area contributed by atoms with Gasteiger partial charge in [-0.2, -0.15) is 0 Å². The van der Waals surface area contributed by atoms with Crippen molar-refractivity contribution in [2.75, 3.05) is 20.3 Å². The van der Waals surface area contributed by atoms with Gasteiger partial charge in [-0.3, -0.25) is 9.59 Å². The van der Waals surface area contributed by atoms with E-state index in [4.69, 9.17) is 9.15 Å². The van der Waals surface area contributed by atoms with Gasteiger partial charge in [0.2, 0.25) is 5.91 Å². The average molecular weight is 290 g/mol. The van der Waals surface area contributed by atoms with E-state index < -0.39 is 0 Å². The number of carbonyl (C=O) groups excluding carboxylic acids is 1. The summed E-state index contributed by atoms with van der Waals surface area (Å²) < 4.78 is 11.7. The van der Waals surface area contributed by atoms with Crippen LogP contribution >= 0.6 is 0 Å². The van der Waals surface area contributed by atoms with Crippen molar-refractivity contribution in [2.45, 2.75) is 13.1 Å². The van der Waals surface area contributed by atoms with Crippen LogP contribution in [-0.2, 0) is 22.6 Å². The Labute approximate surface area is 122 Å². The van der Waals surface area contributed by atoms with Crippen LogP contribution in [0.1, 0.15) is 5.76 Å². The summed E-state index contributed by atoms with van der Waals surface area (Å²) >= 11 is 0. The highest BCUT2D eigenvalue weighted by Gasteiger charge is 2.16. The third-order valence-corrected chi connectivity index (χ3v) is 3.05. The maximum atomic E-state index is 12.4. The van der Waals surface area contributed by atoms with Crippen molar-refractivity contribution in [3.63, 3.8) is 0 Å². The van der Waals surface area contributed by atoms with Crippen LogP contribution in [0.4, 0.5) is 0 Å². The van der Waals surface area contributed by atoms with Gasteiger partial charge in [-0.25, -0.2) is 0 Å². The van der Waals surface area contributed by atoms with Crippen LogP contribution in [0.5, 0.6) is 0 Å². The first kappa shape index (κ1) is 15.1. The number of amides is 1. The predicted octanol–water partition coefficient (Wildman–Crippen LogP) is 1.12. The summed E-state index contributed by atoms with van der Waals surface area (Å²) in [5.41, 5.74) is -0.199. The molecule has 0 saturated carbocycles. The number of hydrogen-bond donors (Lipinski definition) is 0. The van der Waals surface area contributed by atoms with E-state index in [1.165, 1.54) is 10.6 Å². The van der Waals surface area contributed by atoms with Crippen molar-refractivity contribution >= 4 is 5.91 Å². The van der Waals surface area contributed by atoms with Gasteiger partial charge in [0.1, 0.15) is 12.3 Å². The van der Waals surface area contributed by atoms with Gasteiger partial charge in [0.05, 0.1) is 19.4 Å². The lowest BCUT2D eigenvalue weighted by atomic mass is 10.3. The first-order valence-corrected chi connectivity index (χ1v) is 6.65. The second-order valence-corrected chi connectivity index (χ2v) is 4.55. The van der Waals surface area contributed by atoms with Gasteiger partial charge in [0.15, 0.2) is 0 Å². The maximum absolute atomic E-state index is 12.4. The fourth-order valence-corrected chi connectivity index (χ4v) is 1.92. The van der Waals surface area contributed by atoms with Crippen LogP contribution in [-0.4, -0.2) is 35.6 Å². The third kappa shape index (κ3) is 4.32. The summed E-state index contributed by atoms with van der Waals surface area (Å²) in [7, 11) is 1.58. The maximum Gasteiger partial charge on any atom is 0.250 e. The molecule has 2 aromatic rings. The Morgan fingerprint density at radius 2 is 2.19 bits per heavy atom. The van der Waals surface area contributed by atoms with Gasteiger partial charge in [-0.05, 0) is 18.2 Å². The average Bonchev–Trinajstić information content (AvgIpc) is 2.98. The molecule has 0 aliphatic rings. The van der Waals surface area contributed by atoms with Crippen molar-refractivity contribution < 1.29 is 13.9 Å². The molecule has 2 aromatic heterocycles. The van der Waals surface area contributed by atoms with E-state index in [9.17, 15) is 9.59 Å². The van der Waals surface area contributed by atoms with Gasteiger partial charge < -0.3 is 18.6 Å². The summed E-state index contributed by atoms with van der Waals surface area (Å²) in [4.78, 5) is 25.6. The molecule has 0 fully saturated rings. The Morgan fingerprint density at radius 1 is 1.33 bits per heavy atom. The summed E-state index contributed by atoms with van der Waals surface area (Å²) in [6, 6.07) is 8.38. The number of rotatable bonds is 7. The van der Waals surface area contributed by atoms with Crippen molar-refractivity contribution in [1.82, 2.24) is 9.47 Å². The molecular formula is C15H18N2O4. The second kappa shape index (κ2) is 7.44. The number of hydrogen-bond acceptors (Lipinski definition) is 4. The summed E-state index contributed by atoms with van der Waals surface area (Å²) in [6.07, 6.45) is 3.16. The number of ether oxygens (including phenoxy) is 1. The Bertz CT molecular complexity index is 619. The number of pyridine rings is 1. The molecule has 0 saturated heterocycles. The molecule has 0 N–H and O–H groups in total. The number of nitrogens with zero attached hydrogens (tertiary/aromatic N) is 2. The van der Waals surface area contributed by atoms with E-state index in [-0.39, 0.29) is 18.0 Å². The normalized spacial score (nSPS) is 10.5. The highest BCUT2D eigenvalue weighted by atomic mass is 16.5. The highest BCUT2D eigenvalue weighted by Crippen LogP contribution is 2.06. The molecule has 0 aromatic carbocycles. The van der Waals surface area contributed by atoms with E-state index >= 15 is 0 Å². The fraction of sp³-hybridized carbons (Fsp3) is 0.333. The molecule has 0 bridgehead atoms. The zero-order valence-corrected chi connectivity index (χ0v) is 11.9. The van der Waals surface area contributed by atoms with Crippen LogP contribution < -0.4 is 5.56 Å². The molecule has 0 unspecified atom stereocenters. The van der Waals surface area contributed by atoms with Gasteiger partial charge in [-0.1, -0.05) is 6.07 Å². The standard InChI is InChI=1S/C15H18N2O4/c1-20-10-8-17(11-13-5-4-9-21-13)15(19)12-16-7-3-2-6-14(16)18/h2-7,9H,8,10-12H2,1H3. The Hall–Kier alpha value is -2.34. The number of carbonyl (C=O) groups is 1. The molecule has 112 valence electrons. The second-order valence-electron chi connectivity index (χ2n) is 4.55. The molecule has 6 heteroatoms. The number of methoxy groups -OCH3 is 1. The minimum atomic E-state index is -0.199. The molecular weight excluding hydrogens is 272 g/mol. The molecule has 0 aliphatic heterocycles.